The topological polar surface area (TPSA) is 58.2 Å². The Kier molecular flexibility index (Phi) is 6.55. The Balaban J connectivity index is 1.85. The first-order valence-corrected chi connectivity index (χ1v) is 10.9. The van der Waals surface area contributed by atoms with Crippen molar-refractivity contribution >= 4 is 33.1 Å². The van der Waals surface area contributed by atoms with E-state index in [-0.39, 0.29) is 6.04 Å². The van der Waals surface area contributed by atoms with Crippen LogP contribution >= 0.6 is 23.1 Å². The minimum atomic E-state index is -3.37. The molecule has 1 unspecified atom stereocenters. The third kappa shape index (κ3) is 5.90. The Morgan fingerprint density at radius 1 is 1.48 bits per heavy atom. The van der Waals surface area contributed by atoms with E-state index in [1.807, 2.05) is 24.1 Å². The fraction of sp³-hybridized carbons (Fsp3) is 0.714. The maximum atomic E-state index is 12.3. The summed E-state index contributed by atoms with van der Waals surface area (Å²) in [4.78, 5) is 0. The molecule has 7 heteroatoms. The molecule has 0 aliphatic heterocycles. The lowest BCUT2D eigenvalue weighted by molar-refractivity contribution is 0.559. The van der Waals surface area contributed by atoms with Crippen LogP contribution in [0.4, 0.5) is 0 Å². The molecule has 1 saturated carbocycles. The lowest BCUT2D eigenvalue weighted by Crippen LogP contribution is -2.32. The summed E-state index contributed by atoms with van der Waals surface area (Å²) in [6.07, 6.45) is 3.34. The van der Waals surface area contributed by atoms with Gasteiger partial charge in [0.1, 0.15) is 4.21 Å². The van der Waals surface area contributed by atoms with Gasteiger partial charge in [-0.1, -0.05) is 6.92 Å². The monoisotopic (exact) mass is 348 g/mol. The van der Waals surface area contributed by atoms with Crippen molar-refractivity contribution < 1.29 is 8.42 Å². The average Bonchev–Trinajstić information content (AvgIpc) is 3.12. The number of rotatable bonds is 10. The van der Waals surface area contributed by atoms with Crippen LogP contribution in [-0.4, -0.2) is 32.0 Å². The van der Waals surface area contributed by atoms with E-state index in [4.69, 9.17) is 0 Å². The summed E-state index contributed by atoms with van der Waals surface area (Å²) in [5.41, 5.74) is 1.06. The highest BCUT2D eigenvalue weighted by Gasteiger charge is 2.22. The summed E-state index contributed by atoms with van der Waals surface area (Å²) in [6, 6.07) is 2.40. The lowest BCUT2D eigenvalue weighted by atomic mass is 10.3. The van der Waals surface area contributed by atoms with Crippen molar-refractivity contribution in [3.63, 3.8) is 0 Å². The first kappa shape index (κ1) is 17.3. The second-order valence-corrected chi connectivity index (χ2v) is 9.68. The second kappa shape index (κ2) is 7.97. The quantitative estimate of drug-likeness (QED) is 0.638. The van der Waals surface area contributed by atoms with E-state index in [1.54, 1.807) is 6.07 Å². The van der Waals surface area contributed by atoms with Crippen LogP contribution in [0.25, 0.3) is 0 Å². The van der Waals surface area contributed by atoms with Gasteiger partial charge in [-0.25, -0.2) is 13.1 Å². The molecule has 2 rings (SSSR count). The molecule has 0 saturated heterocycles. The third-order valence-corrected chi connectivity index (χ3v) is 7.33. The van der Waals surface area contributed by atoms with Gasteiger partial charge in [-0.3, -0.25) is 0 Å². The Morgan fingerprint density at radius 2 is 2.24 bits per heavy atom. The standard InChI is InChI=1S/C14H24N2O2S3/c1-3-19-7-6-11(2)16-21(17,18)14-8-12(10-20-14)9-15-13-4-5-13/h8,10-11,13,15-16H,3-7,9H2,1-2H3. The van der Waals surface area contributed by atoms with Gasteiger partial charge in [0.2, 0.25) is 10.0 Å². The first-order chi connectivity index (χ1) is 10.0. The summed E-state index contributed by atoms with van der Waals surface area (Å²) in [5.74, 6) is 2.06. The summed E-state index contributed by atoms with van der Waals surface area (Å²) in [6.45, 7) is 4.80. The zero-order valence-corrected chi connectivity index (χ0v) is 15.0. The number of thiophene rings is 1. The molecule has 0 bridgehead atoms. The molecule has 21 heavy (non-hydrogen) atoms. The number of thioether (sulfide) groups is 1. The molecule has 0 aromatic carbocycles. The van der Waals surface area contributed by atoms with Gasteiger partial charge < -0.3 is 5.32 Å². The molecule has 1 aromatic heterocycles. The number of sulfonamides is 1. The van der Waals surface area contributed by atoms with Crippen molar-refractivity contribution in [2.75, 3.05) is 11.5 Å². The van der Waals surface area contributed by atoms with E-state index in [0.717, 1.165) is 30.0 Å². The summed E-state index contributed by atoms with van der Waals surface area (Å²) < 4.78 is 27.8. The Bertz CT molecular complexity index is 538. The van der Waals surface area contributed by atoms with E-state index < -0.39 is 10.0 Å². The van der Waals surface area contributed by atoms with Crippen molar-refractivity contribution in [1.82, 2.24) is 10.0 Å². The zero-order chi connectivity index (χ0) is 15.3. The van der Waals surface area contributed by atoms with Crippen LogP contribution in [0.3, 0.4) is 0 Å². The van der Waals surface area contributed by atoms with Crippen molar-refractivity contribution in [3.8, 4) is 0 Å². The van der Waals surface area contributed by atoms with Gasteiger partial charge >= 0.3 is 0 Å². The van der Waals surface area contributed by atoms with Crippen LogP contribution < -0.4 is 10.0 Å². The third-order valence-electron chi connectivity index (χ3n) is 3.32. The molecule has 0 radical (unpaired) electrons. The van der Waals surface area contributed by atoms with Crippen molar-refractivity contribution in [2.24, 2.45) is 0 Å². The number of hydrogen-bond acceptors (Lipinski definition) is 5. The summed E-state index contributed by atoms with van der Waals surface area (Å²) in [5, 5.41) is 5.33. The van der Waals surface area contributed by atoms with Gasteiger partial charge in [0.05, 0.1) is 0 Å². The van der Waals surface area contributed by atoms with Crippen molar-refractivity contribution in [1.29, 1.82) is 0 Å². The fourth-order valence-corrected chi connectivity index (χ4v) is 5.24. The van der Waals surface area contributed by atoms with Crippen LogP contribution in [0, 0.1) is 0 Å². The molecule has 1 fully saturated rings. The fourth-order valence-electron chi connectivity index (χ4n) is 1.92. The zero-order valence-electron chi connectivity index (χ0n) is 12.6. The number of hydrogen-bond donors (Lipinski definition) is 2. The number of nitrogens with one attached hydrogen (secondary N) is 2. The largest absolute Gasteiger partial charge is 0.310 e. The molecular weight excluding hydrogens is 324 g/mol. The molecule has 120 valence electrons. The average molecular weight is 349 g/mol. The highest BCUT2D eigenvalue weighted by atomic mass is 32.2. The molecule has 2 N–H and O–H groups in total. The van der Waals surface area contributed by atoms with E-state index in [0.29, 0.717) is 10.3 Å². The van der Waals surface area contributed by atoms with Gasteiger partial charge in [-0.15, -0.1) is 11.3 Å². The highest BCUT2D eigenvalue weighted by Crippen LogP contribution is 2.23. The minimum Gasteiger partial charge on any atom is -0.310 e. The van der Waals surface area contributed by atoms with E-state index >= 15 is 0 Å². The maximum absolute atomic E-state index is 12.3. The van der Waals surface area contributed by atoms with Gasteiger partial charge in [-0.2, -0.15) is 11.8 Å². The van der Waals surface area contributed by atoms with Crippen molar-refractivity contribution in [3.05, 3.63) is 17.0 Å². The van der Waals surface area contributed by atoms with Gasteiger partial charge in [-0.05, 0) is 54.7 Å². The van der Waals surface area contributed by atoms with Crippen LogP contribution in [-0.2, 0) is 16.6 Å². The van der Waals surface area contributed by atoms with E-state index in [1.165, 1.54) is 24.2 Å². The molecule has 1 heterocycles. The van der Waals surface area contributed by atoms with Crippen LogP contribution in [0.15, 0.2) is 15.7 Å². The predicted molar refractivity (Wildman–Crippen MR) is 91.6 cm³/mol. The second-order valence-electron chi connectivity index (χ2n) is 5.44. The molecule has 1 atom stereocenters. The first-order valence-electron chi connectivity index (χ1n) is 7.42. The lowest BCUT2D eigenvalue weighted by Gasteiger charge is -2.12. The molecular formula is C14H24N2O2S3. The summed E-state index contributed by atoms with van der Waals surface area (Å²) >= 11 is 3.14. The smallest absolute Gasteiger partial charge is 0.250 e. The van der Waals surface area contributed by atoms with Gasteiger partial charge in [0.25, 0.3) is 0 Å². The summed E-state index contributed by atoms with van der Waals surface area (Å²) in [7, 11) is -3.37. The predicted octanol–water partition coefficient (Wildman–Crippen LogP) is 2.81. The van der Waals surface area contributed by atoms with Gasteiger partial charge in [0, 0.05) is 18.6 Å². The van der Waals surface area contributed by atoms with Gasteiger partial charge in [0.15, 0.2) is 0 Å². The Labute approximate surface area is 136 Å². The van der Waals surface area contributed by atoms with E-state index in [2.05, 4.69) is 17.0 Å². The van der Waals surface area contributed by atoms with E-state index in [9.17, 15) is 8.42 Å². The van der Waals surface area contributed by atoms with Crippen LogP contribution in [0.5, 0.6) is 0 Å². The Morgan fingerprint density at radius 3 is 2.90 bits per heavy atom. The molecule has 1 aliphatic rings. The highest BCUT2D eigenvalue weighted by molar-refractivity contribution is 7.99. The van der Waals surface area contributed by atoms with Crippen molar-refractivity contribution in [2.45, 2.75) is 55.9 Å². The maximum Gasteiger partial charge on any atom is 0.250 e. The SMILES string of the molecule is CCSCCC(C)NS(=O)(=O)c1cc(CNC2CC2)cs1. The molecule has 0 spiro atoms. The molecule has 1 aliphatic carbocycles. The van der Waals surface area contributed by atoms with Crippen LogP contribution in [0.1, 0.15) is 38.7 Å². The Hall–Kier alpha value is -0.0800. The normalized spacial score (nSPS) is 17.0. The van der Waals surface area contributed by atoms with Crippen LogP contribution in [0.2, 0.25) is 0 Å². The molecule has 1 aromatic rings. The minimum absolute atomic E-state index is 0.0239. The molecule has 0 amide bonds. The molecule has 4 nitrogen and oxygen atoms in total.